The van der Waals surface area contributed by atoms with Gasteiger partial charge in [-0.1, -0.05) is 36.4 Å². The highest BCUT2D eigenvalue weighted by molar-refractivity contribution is 7.65. The van der Waals surface area contributed by atoms with Gasteiger partial charge in [0, 0.05) is 78.3 Å². The maximum Gasteiger partial charge on any atom is 0.505 e. The van der Waals surface area contributed by atoms with Crippen LogP contribution in [0.2, 0.25) is 0 Å². The van der Waals surface area contributed by atoms with E-state index in [0.717, 1.165) is 33.6 Å². The molecule has 2 heterocycles. The summed E-state index contributed by atoms with van der Waals surface area (Å²) in [6.07, 6.45) is 1.05. The summed E-state index contributed by atoms with van der Waals surface area (Å²) < 4.78 is 38.7. The number of nitrogens with one attached hydrogen (secondary N) is 1. The molecular formula is C41H37FN7O4S+. The summed E-state index contributed by atoms with van der Waals surface area (Å²) in [5.74, 6) is 0.694. The van der Waals surface area contributed by atoms with Crippen molar-refractivity contribution in [2.75, 3.05) is 27.3 Å². The van der Waals surface area contributed by atoms with Crippen molar-refractivity contribution in [1.82, 2.24) is 19.9 Å². The summed E-state index contributed by atoms with van der Waals surface area (Å²) in [4.78, 5) is 27.7. The molecule has 11 nitrogen and oxygen atoms in total. The average molecular weight is 743 g/mol. The zero-order valence-corrected chi connectivity index (χ0v) is 30.5. The Labute approximate surface area is 315 Å². The van der Waals surface area contributed by atoms with E-state index in [-0.39, 0.29) is 18.1 Å². The molecule has 0 spiro atoms. The number of halogens is 1. The average Bonchev–Trinajstić information content (AvgIpc) is 3.55. The third-order valence-electron chi connectivity index (χ3n) is 8.88. The van der Waals surface area contributed by atoms with Crippen LogP contribution in [-0.2, 0) is 46.6 Å². The fraction of sp³-hybridized carbons (Fsp3) is 0.195. The molecular weight excluding hydrogens is 706 g/mol. The van der Waals surface area contributed by atoms with Gasteiger partial charge in [0.1, 0.15) is 24.1 Å². The minimum absolute atomic E-state index is 0.0523. The van der Waals surface area contributed by atoms with E-state index in [1.54, 1.807) is 56.6 Å². The molecule has 6 rings (SSSR count). The number of methoxy groups -OCH3 is 1. The first-order chi connectivity index (χ1) is 26.3. The van der Waals surface area contributed by atoms with E-state index >= 15 is 0 Å². The van der Waals surface area contributed by atoms with Crippen LogP contribution in [0.3, 0.4) is 0 Å². The summed E-state index contributed by atoms with van der Waals surface area (Å²) in [5.41, 5.74) is 13.1. The van der Waals surface area contributed by atoms with Gasteiger partial charge < -0.3 is 25.1 Å². The molecule has 54 heavy (non-hydrogen) atoms. The predicted molar refractivity (Wildman–Crippen MR) is 205 cm³/mol. The highest BCUT2D eigenvalue weighted by atomic mass is 32.1. The Hall–Kier alpha value is -6.36. The third kappa shape index (κ3) is 8.80. The van der Waals surface area contributed by atoms with Gasteiger partial charge in [-0.15, -0.1) is 0 Å². The molecule has 0 aliphatic heterocycles. The summed E-state index contributed by atoms with van der Waals surface area (Å²) in [6.45, 7) is 1.40. The molecule has 0 unspecified atom stereocenters. The van der Waals surface area contributed by atoms with Crippen molar-refractivity contribution in [3.63, 3.8) is 0 Å². The number of aliphatic imine (C=N–C) groups is 1. The third-order valence-corrected chi connectivity index (χ3v) is 9.34. The van der Waals surface area contributed by atoms with Gasteiger partial charge in [0.05, 0.1) is 35.0 Å². The molecule has 0 bridgehead atoms. The van der Waals surface area contributed by atoms with Crippen molar-refractivity contribution in [1.29, 1.82) is 5.26 Å². The van der Waals surface area contributed by atoms with Crippen LogP contribution in [0.25, 0.3) is 22.3 Å². The van der Waals surface area contributed by atoms with E-state index in [9.17, 15) is 13.4 Å². The smallest absolute Gasteiger partial charge is 0.473 e. The Balaban J connectivity index is 1.22. The van der Waals surface area contributed by atoms with E-state index in [1.165, 1.54) is 12.1 Å². The van der Waals surface area contributed by atoms with Crippen LogP contribution >= 0.6 is 0 Å². The van der Waals surface area contributed by atoms with E-state index in [4.69, 9.17) is 25.5 Å². The number of hydrogen-bond donors (Lipinski definition) is 2. The van der Waals surface area contributed by atoms with Gasteiger partial charge in [0.2, 0.25) is 5.88 Å². The van der Waals surface area contributed by atoms with Crippen LogP contribution in [0, 0.1) is 17.1 Å². The molecule has 2 aromatic heterocycles. The molecule has 0 radical (unpaired) electrons. The highest BCUT2D eigenvalue weighted by Crippen LogP contribution is 2.27. The number of carbonyl (C=O) groups excluding carboxylic acids is 1. The standard InChI is InChI=1S/C41H36FN7O4S/c1-45-40(44)33-21-29(35-4-3-5-39(48-35)53-25-31-9-6-27(24-43)20-34(31)42)11-10-28(33)23-38-47-36-22-30(12-15-37(36)49(38)18-19-52-2)41(50)46-17-16-26-7-13-32(54-51)14-8-26/h3-15,20-22H,16-19,23,25H2,1-2H3,(H2-,44,45,46,50)/p+1. The Morgan fingerprint density at radius 3 is 2.57 bits per heavy atom. The minimum Gasteiger partial charge on any atom is -0.473 e. The second-order valence-corrected chi connectivity index (χ2v) is 13.0. The predicted octanol–water partition coefficient (Wildman–Crippen LogP) is 6.02. The van der Waals surface area contributed by atoms with Crippen molar-refractivity contribution >= 4 is 34.4 Å². The van der Waals surface area contributed by atoms with Crippen molar-refractivity contribution in [2.24, 2.45) is 10.7 Å². The normalized spacial score (nSPS) is 11.3. The molecule has 0 saturated carbocycles. The Morgan fingerprint density at radius 2 is 1.83 bits per heavy atom. The number of aromatic nitrogens is 3. The van der Waals surface area contributed by atoms with Gasteiger partial charge in [-0.05, 0) is 60.0 Å². The molecule has 0 atom stereocenters. The molecule has 272 valence electrons. The van der Waals surface area contributed by atoms with Crippen molar-refractivity contribution in [3.05, 3.63) is 142 Å². The first-order valence-electron chi connectivity index (χ1n) is 17.1. The number of rotatable bonds is 15. The van der Waals surface area contributed by atoms with E-state index in [2.05, 4.69) is 19.9 Å². The zero-order valence-electron chi connectivity index (χ0n) is 29.7. The number of carbonyl (C=O) groups is 1. The lowest BCUT2D eigenvalue weighted by molar-refractivity contribution is 0.0954. The number of ether oxygens (including phenoxy) is 2. The van der Waals surface area contributed by atoms with Gasteiger partial charge in [0.25, 0.3) is 10.8 Å². The number of nitriles is 1. The second-order valence-electron chi connectivity index (χ2n) is 12.3. The maximum absolute atomic E-state index is 14.4. The Bertz CT molecular complexity index is 2390. The van der Waals surface area contributed by atoms with Crippen LogP contribution in [0.1, 0.15) is 44.0 Å². The summed E-state index contributed by atoms with van der Waals surface area (Å²) >= 11 is 0.451. The molecule has 4 aromatic carbocycles. The Morgan fingerprint density at radius 1 is 1.02 bits per heavy atom. The van der Waals surface area contributed by atoms with Gasteiger partial charge in [-0.3, -0.25) is 9.79 Å². The zero-order chi connectivity index (χ0) is 38.0. The number of imidazole rings is 1. The fourth-order valence-corrected chi connectivity index (χ4v) is 6.23. The lowest BCUT2D eigenvalue weighted by Gasteiger charge is -2.14. The largest absolute Gasteiger partial charge is 0.505 e. The number of pyridine rings is 1. The summed E-state index contributed by atoms with van der Waals surface area (Å²) in [6, 6.07) is 30.2. The van der Waals surface area contributed by atoms with E-state index in [0.29, 0.717) is 83.2 Å². The molecule has 13 heteroatoms. The fourth-order valence-electron chi connectivity index (χ4n) is 5.98. The second kappa shape index (κ2) is 17.4. The lowest BCUT2D eigenvalue weighted by Crippen LogP contribution is -2.25. The maximum atomic E-state index is 14.4. The van der Waals surface area contributed by atoms with Crippen molar-refractivity contribution in [3.8, 4) is 23.2 Å². The first kappa shape index (κ1) is 37.4. The number of nitrogens with two attached hydrogens (primary N) is 1. The SMILES string of the molecule is CN=C(N)c1cc(-c2cccc(OCc3ccc(C#N)cc3F)n2)ccc1Cc1nc2cc(C(=O)NCCc3ccc([S+]=O)cc3)ccc2n1CCOC. The molecule has 3 N–H and O–H groups in total. The monoisotopic (exact) mass is 742 g/mol. The van der Waals surface area contributed by atoms with Gasteiger partial charge >= 0.3 is 11.7 Å². The number of amides is 1. The summed E-state index contributed by atoms with van der Waals surface area (Å²) in [5, 5.41) is 12.0. The van der Waals surface area contributed by atoms with Crippen molar-refractivity contribution in [2.45, 2.75) is 30.9 Å². The number of fused-ring (bicyclic) bond motifs is 1. The van der Waals surface area contributed by atoms with Gasteiger partial charge in [0.15, 0.2) is 0 Å². The molecule has 0 aliphatic carbocycles. The Kier molecular flexibility index (Phi) is 12.1. The molecule has 0 fully saturated rings. The number of hydrogen-bond acceptors (Lipinski definition) is 8. The molecule has 1 amide bonds. The minimum atomic E-state index is -0.520. The molecule has 0 saturated heterocycles. The van der Waals surface area contributed by atoms with E-state index in [1.807, 2.05) is 48.5 Å². The number of amidine groups is 1. The van der Waals surface area contributed by atoms with Gasteiger partial charge in [-0.2, -0.15) is 5.26 Å². The van der Waals surface area contributed by atoms with Crippen LogP contribution in [0.4, 0.5) is 4.39 Å². The van der Waals surface area contributed by atoms with E-state index < -0.39 is 5.82 Å². The van der Waals surface area contributed by atoms with Crippen LogP contribution in [-0.4, -0.2) is 53.6 Å². The first-order valence-corrected chi connectivity index (χ1v) is 17.8. The lowest BCUT2D eigenvalue weighted by atomic mass is 9.98. The quantitative estimate of drug-likeness (QED) is 0.0735. The van der Waals surface area contributed by atoms with Crippen LogP contribution in [0.5, 0.6) is 5.88 Å². The number of benzene rings is 4. The summed E-state index contributed by atoms with van der Waals surface area (Å²) in [7, 11) is 3.28. The number of nitrogens with zero attached hydrogens (tertiary/aromatic N) is 5. The topological polar surface area (TPSA) is 158 Å². The van der Waals surface area contributed by atoms with Crippen molar-refractivity contribution < 1.29 is 22.9 Å². The van der Waals surface area contributed by atoms with Crippen LogP contribution < -0.4 is 15.8 Å². The molecule has 6 aromatic rings. The van der Waals surface area contributed by atoms with Crippen LogP contribution in [0.15, 0.2) is 107 Å². The highest BCUT2D eigenvalue weighted by Gasteiger charge is 2.18. The van der Waals surface area contributed by atoms with Gasteiger partial charge in [-0.25, -0.2) is 14.4 Å². The molecule has 0 aliphatic rings.